The molecule has 0 unspecified atom stereocenters. The zero-order valence-electron chi connectivity index (χ0n) is 12.3. The van der Waals surface area contributed by atoms with Crippen molar-refractivity contribution in [1.29, 1.82) is 0 Å². The second-order valence-corrected chi connectivity index (χ2v) is 7.03. The van der Waals surface area contributed by atoms with E-state index in [9.17, 15) is 4.79 Å². The van der Waals surface area contributed by atoms with Gasteiger partial charge in [-0.25, -0.2) is 4.79 Å². The maximum absolute atomic E-state index is 12.3. The predicted octanol–water partition coefficient (Wildman–Crippen LogP) is 3.11. The Bertz CT molecular complexity index is 299. The summed E-state index contributed by atoms with van der Waals surface area (Å²) in [5.41, 5.74) is -1.05. The van der Waals surface area contributed by atoms with Gasteiger partial charge in [0.1, 0.15) is 11.3 Å². The minimum atomic E-state index is -0.578. The normalized spacial score (nSPS) is 23.2. The Morgan fingerprint density at radius 1 is 1.50 bits per heavy atom. The summed E-state index contributed by atoms with van der Waals surface area (Å²) in [7, 11) is 0. The molecule has 1 fully saturated rings. The highest BCUT2D eigenvalue weighted by Gasteiger charge is 2.45. The lowest BCUT2D eigenvalue weighted by molar-refractivity contribution is -0.0624. The minimum absolute atomic E-state index is 0.113. The van der Waals surface area contributed by atoms with E-state index in [1.807, 2.05) is 34.6 Å². The average molecular weight is 275 g/mol. The monoisotopic (exact) mass is 275 g/mol. The van der Waals surface area contributed by atoms with E-state index in [-0.39, 0.29) is 12.1 Å². The number of hydrogen-bond donors (Lipinski definition) is 0. The first kappa shape index (κ1) is 15.6. The van der Waals surface area contributed by atoms with Gasteiger partial charge in [0.2, 0.25) is 0 Å². The fraction of sp³-hybridized carbons (Fsp3) is 0.923. The molecule has 1 amide bonds. The Labute approximate surface area is 114 Å². The summed E-state index contributed by atoms with van der Waals surface area (Å²) in [6, 6.07) is 0.113. The van der Waals surface area contributed by atoms with Crippen molar-refractivity contribution in [2.45, 2.75) is 58.4 Å². The highest BCUT2D eigenvalue weighted by Crippen LogP contribution is 2.31. The van der Waals surface area contributed by atoms with Crippen LogP contribution in [0.3, 0.4) is 0 Å². The molecule has 1 aliphatic rings. The molecule has 0 spiro atoms. The van der Waals surface area contributed by atoms with E-state index in [2.05, 4.69) is 6.26 Å². The molecular formula is C13H25NO3S. The molecule has 4 nitrogen and oxygen atoms in total. The topological polar surface area (TPSA) is 38.8 Å². The van der Waals surface area contributed by atoms with Crippen molar-refractivity contribution in [1.82, 2.24) is 4.90 Å². The molecule has 0 N–H and O–H groups in total. The summed E-state index contributed by atoms with van der Waals surface area (Å²) in [6.45, 7) is 10.1. The van der Waals surface area contributed by atoms with Crippen LogP contribution in [0.1, 0.15) is 41.0 Å². The van der Waals surface area contributed by atoms with Crippen LogP contribution in [0.5, 0.6) is 0 Å². The molecule has 1 heterocycles. The Morgan fingerprint density at radius 2 is 2.11 bits per heavy atom. The molecule has 0 aliphatic carbocycles. The lowest BCUT2D eigenvalue weighted by Gasteiger charge is -2.35. The summed E-state index contributed by atoms with van der Waals surface area (Å²) < 4.78 is 11.2. The van der Waals surface area contributed by atoms with Gasteiger partial charge in [-0.2, -0.15) is 11.8 Å². The van der Waals surface area contributed by atoms with Crippen LogP contribution < -0.4 is 0 Å². The van der Waals surface area contributed by atoms with E-state index >= 15 is 0 Å². The van der Waals surface area contributed by atoms with Gasteiger partial charge >= 0.3 is 6.09 Å². The van der Waals surface area contributed by atoms with Crippen LogP contribution in [-0.2, 0) is 9.47 Å². The highest BCUT2D eigenvalue weighted by molar-refractivity contribution is 7.98. The van der Waals surface area contributed by atoms with Crippen molar-refractivity contribution < 1.29 is 14.3 Å². The molecule has 0 aromatic heterocycles. The van der Waals surface area contributed by atoms with Gasteiger partial charge < -0.3 is 9.47 Å². The molecule has 0 aromatic carbocycles. The first-order valence-electron chi connectivity index (χ1n) is 6.32. The molecule has 106 valence electrons. The first-order chi connectivity index (χ1) is 8.17. The molecular weight excluding hydrogens is 250 g/mol. The van der Waals surface area contributed by atoms with Crippen molar-refractivity contribution in [2.24, 2.45) is 0 Å². The van der Waals surface area contributed by atoms with Gasteiger partial charge in [-0.15, -0.1) is 0 Å². The quantitative estimate of drug-likeness (QED) is 0.793. The number of ether oxygens (including phenoxy) is 2. The largest absolute Gasteiger partial charge is 0.444 e. The van der Waals surface area contributed by atoms with Crippen molar-refractivity contribution in [3.05, 3.63) is 0 Å². The number of carbonyl (C=O) groups excluding carboxylic acids is 1. The van der Waals surface area contributed by atoms with Crippen LogP contribution in [0.15, 0.2) is 0 Å². The number of amides is 1. The maximum Gasteiger partial charge on any atom is 0.412 e. The van der Waals surface area contributed by atoms with Gasteiger partial charge in [0, 0.05) is 0 Å². The molecule has 0 radical (unpaired) electrons. The SMILES string of the molecule is CSCC[C@H]1COC(C)(C)N1C(=O)OC(C)(C)C. The number of nitrogens with zero attached hydrogens (tertiary/aromatic N) is 1. The number of carbonyl (C=O) groups is 1. The van der Waals surface area contributed by atoms with Crippen LogP contribution in [0, 0.1) is 0 Å². The second-order valence-electron chi connectivity index (χ2n) is 6.04. The summed E-state index contributed by atoms with van der Waals surface area (Å²) in [4.78, 5) is 14.0. The van der Waals surface area contributed by atoms with E-state index < -0.39 is 11.3 Å². The highest BCUT2D eigenvalue weighted by atomic mass is 32.2. The lowest BCUT2D eigenvalue weighted by atomic mass is 10.1. The van der Waals surface area contributed by atoms with Gasteiger partial charge in [-0.1, -0.05) is 0 Å². The third-order valence-corrected chi connectivity index (χ3v) is 3.46. The van der Waals surface area contributed by atoms with Gasteiger partial charge in [0.15, 0.2) is 0 Å². The van der Waals surface area contributed by atoms with Crippen molar-refractivity contribution in [3.8, 4) is 0 Å². The fourth-order valence-electron chi connectivity index (χ4n) is 2.03. The molecule has 0 bridgehead atoms. The maximum atomic E-state index is 12.3. The molecule has 5 heteroatoms. The van der Waals surface area contributed by atoms with Crippen LogP contribution in [0.4, 0.5) is 4.79 Å². The van der Waals surface area contributed by atoms with E-state index in [1.54, 1.807) is 16.7 Å². The van der Waals surface area contributed by atoms with Gasteiger partial charge in [-0.05, 0) is 53.0 Å². The zero-order valence-corrected chi connectivity index (χ0v) is 13.1. The third-order valence-electron chi connectivity index (χ3n) is 2.82. The number of hydrogen-bond acceptors (Lipinski definition) is 4. The molecule has 18 heavy (non-hydrogen) atoms. The Morgan fingerprint density at radius 3 is 2.61 bits per heavy atom. The number of thioether (sulfide) groups is 1. The van der Waals surface area contributed by atoms with Crippen molar-refractivity contribution >= 4 is 17.9 Å². The van der Waals surface area contributed by atoms with Crippen LogP contribution in [-0.4, -0.2) is 47.0 Å². The Hall–Kier alpha value is -0.420. The summed E-state index contributed by atoms with van der Waals surface area (Å²) in [6.07, 6.45) is 2.72. The van der Waals surface area contributed by atoms with E-state index in [1.165, 1.54) is 0 Å². The Balaban J connectivity index is 2.75. The standard InChI is InChI=1S/C13H25NO3S/c1-12(2,3)17-11(15)14-10(7-8-18-6)9-16-13(14,4)5/h10H,7-9H2,1-6H3/t10-/m0/s1. The molecule has 1 saturated heterocycles. The average Bonchev–Trinajstić information content (AvgIpc) is 2.48. The summed E-state index contributed by atoms with van der Waals surface area (Å²) in [5, 5.41) is 0. The number of rotatable bonds is 3. The van der Waals surface area contributed by atoms with Crippen LogP contribution in [0.2, 0.25) is 0 Å². The van der Waals surface area contributed by atoms with Gasteiger partial charge in [0.25, 0.3) is 0 Å². The van der Waals surface area contributed by atoms with E-state index in [0.29, 0.717) is 6.61 Å². The zero-order chi connectivity index (χ0) is 14.0. The first-order valence-corrected chi connectivity index (χ1v) is 7.72. The summed E-state index contributed by atoms with van der Waals surface area (Å²) >= 11 is 1.78. The van der Waals surface area contributed by atoms with Crippen LogP contribution in [0.25, 0.3) is 0 Å². The second kappa shape index (κ2) is 5.70. The van der Waals surface area contributed by atoms with Gasteiger partial charge in [0.05, 0.1) is 12.6 Å². The Kier molecular flexibility index (Phi) is 4.95. The predicted molar refractivity (Wildman–Crippen MR) is 74.9 cm³/mol. The smallest absolute Gasteiger partial charge is 0.412 e. The molecule has 1 rings (SSSR count). The van der Waals surface area contributed by atoms with Crippen molar-refractivity contribution in [2.75, 3.05) is 18.6 Å². The minimum Gasteiger partial charge on any atom is -0.444 e. The molecule has 0 aromatic rings. The molecule has 1 atom stereocenters. The lowest BCUT2D eigenvalue weighted by Crippen LogP contribution is -2.50. The van der Waals surface area contributed by atoms with Crippen LogP contribution >= 0.6 is 11.8 Å². The molecule has 1 aliphatic heterocycles. The third kappa shape index (κ3) is 4.05. The summed E-state index contributed by atoms with van der Waals surface area (Å²) in [5.74, 6) is 1.02. The van der Waals surface area contributed by atoms with Gasteiger partial charge in [-0.3, -0.25) is 4.90 Å². The molecule has 0 saturated carbocycles. The van der Waals surface area contributed by atoms with Crippen molar-refractivity contribution in [3.63, 3.8) is 0 Å². The van der Waals surface area contributed by atoms with E-state index in [4.69, 9.17) is 9.47 Å². The van der Waals surface area contributed by atoms with E-state index in [0.717, 1.165) is 12.2 Å². The fourth-order valence-corrected chi connectivity index (χ4v) is 2.54.